The van der Waals surface area contributed by atoms with Crippen molar-refractivity contribution in [3.63, 3.8) is 0 Å². The summed E-state index contributed by atoms with van der Waals surface area (Å²) in [4.78, 5) is 0. The largest absolute Gasteiger partial charge is 0.258 e. The molecule has 0 radical (unpaired) electrons. The van der Waals surface area contributed by atoms with Crippen LogP contribution in [0, 0.1) is 5.92 Å². The molecule has 0 amide bonds. The lowest BCUT2D eigenvalue weighted by Crippen LogP contribution is -2.37. The highest BCUT2D eigenvalue weighted by Gasteiger charge is 2.54. The average molecular weight is 386 g/mol. The van der Waals surface area contributed by atoms with Crippen LogP contribution in [0.2, 0.25) is 0 Å². The maximum atomic E-state index is 15.6. The fraction of sp³-hybridized carbons (Fsp3) is 0.636. The zero-order valence-electron chi connectivity index (χ0n) is 15.7. The van der Waals surface area contributed by atoms with Gasteiger partial charge in [0.15, 0.2) is 11.5 Å². The second kappa shape index (κ2) is 7.92. The third kappa shape index (κ3) is 4.22. The number of rotatable bonds is 5. The Morgan fingerprint density at radius 3 is 2.33 bits per heavy atom. The normalized spacial score (nSPS) is 31.2. The molecule has 0 aromatic heterocycles. The Balaban J connectivity index is 1.88. The Labute approximate surface area is 157 Å². The topological polar surface area (TPSA) is 0 Å². The Hall–Kier alpha value is -1.39. The number of alkyl halides is 3. The summed E-state index contributed by atoms with van der Waals surface area (Å²) in [6, 6.07) is 6.24. The van der Waals surface area contributed by atoms with Crippen molar-refractivity contribution in [2.75, 3.05) is 0 Å². The number of hydrogen-bond donors (Lipinski definition) is 0. The lowest BCUT2D eigenvalue weighted by molar-refractivity contribution is -0.0724. The molecule has 1 fully saturated rings. The van der Waals surface area contributed by atoms with Gasteiger partial charge in [-0.05, 0) is 48.6 Å². The van der Waals surface area contributed by atoms with Crippen LogP contribution in [0.1, 0.15) is 81.8 Å². The van der Waals surface area contributed by atoms with Gasteiger partial charge in [0.1, 0.15) is 5.83 Å². The number of halogens is 5. The van der Waals surface area contributed by atoms with E-state index in [9.17, 15) is 17.6 Å². The molecule has 2 aliphatic rings. The van der Waals surface area contributed by atoms with Crippen molar-refractivity contribution in [1.82, 2.24) is 0 Å². The van der Waals surface area contributed by atoms with Crippen molar-refractivity contribution in [1.29, 1.82) is 0 Å². The van der Waals surface area contributed by atoms with Gasteiger partial charge in [0.25, 0.3) is 5.92 Å². The van der Waals surface area contributed by atoms with Gasteiger partial charge in [-0.1, -0.05) is 50.5 Å². The molecule has 1 aromatic rings. The minimum atomic E-state index is -3.60. The smallest absolute Gasteiger partial charge is 0.230 e. The van der Waals surface area contributed by atoms with Crippen molar-refractivity contribution < 1.29 is 22.0 Å². The maximum absolute atomic E-state index is 15.6. The van der Waals surface area contributed by atoms with E-state index < -0.39 is 36.1 Å². The fourth-order valence-electron chi connectivity index (χ4n) is 4.70. The molecule has 0 aliphatic heterocycles. The minimum absolute atomic E-state index is 0.00175. The zero-order valence-corrected chi connectivity index (χ0v) is 15.7. The van der Waals surface area contributed by atoms with Crippen molar-refractivity contribution in [3.8, 4) is 0 Å². The van der Waals surface area contributed by atoms with Crippen LogP contribution in [0.15, 0.2) is 35.9 Å². The first-order valence-electron chi connectivity index (χ1n) is 9.97. The quantitative estimate of drug-likeness (QED) is 0.451. The summed E-state index contributed by atoms with van der Waals surface area (Å²) in [7, 11) is 0. The molecule has 5 heteroatoms. The van der Waals surface area contributed by atoms with E-state index in [0.717, 1.165) is 32.1 Å². The summed E-state index contributed by atoms with van der Waals surface area (Å²) < 4.78 is 71.5. The molecule has 0 N–H and O–H groups in total. The van der Waals surface area contributed by atoms with Gasteiger partial charge >= 0.3 is 0 Å². The van der Waals surface area contributed by atoms with Gasteiger partial charge in [-0.3, -0.25) is 0 Å². The van der Waals surface area contributed by atoms with Gasteiger partial charge in [-0.25, -0.2) is 22.0 Å². The second-order valence-corrected chi connectivity index (χ2v) is 8.18. The molecule has 27 heavy (non-hydrogen) atoms. The number of allylic oxidation sites excluding steroid dienone is 2. The molecule has 0 heterocycles. The standard InChI is InChI=1S/C22H27F5/c1-2-3-6-15-9-11-16(12-10-15)17-7-4-5-8-18(17)22(27)14-21(25,26)13-19(23)20(22)24/h4-5,7-8,15-16H,2-3,6,9-14H2,1H3/t15-,16-,22?. The first kappa shape index (κ1) is 20.3. The van der Waals surface area contributed by atoms with Crippen LogP contribution in [-0.4, -0.2) is 5.92 Å². The molecule has 1 unspecified atom stereocenters. The third-order valence-electron chi connectivity index (χ3n) is 6.14. The van der Waals surface area contributed by atoms with Crippen LogP contribution in [-0.2, 0) is 5.67 Å². The second-order valence-electron chi connectivity index (χ2n) is 8.18. The molecule has 1 aromatic carbocycles. The average Bonchev–Trinajstić information content (AvgIpc) is 2.64. The molecule has 150 valence electrons. The van der Waals surface area contributed by atoms with Crippen LogP contribution in [0.4, 0.5) is 22.0 Å². The SMILES string of the molecule is CCCC[C@H]1CC[C@H](c2ccccc2C2(F)CC(F)(F)CC(F)=C2F)CC1. The maximum Gasteiger partial charge on any atom is 0.258 e. The molecule has 2 aliphatic carbocycles. The molecular formula is C22H27F5. The predicted octanol–water partition coefficient (Wildman–Crippen LogP) is 7.90. The summed E-state index contributed by atoms with van der Waals surface area (Å²) in [6.07, 6.45) is 4.45. The molecule has 0 spiro atoms. The van der Waals surface area contributed by atoms with Crippen LogP contribution in [0.3, 0.4) is 0 Å². The van der Waals surface area contributed by atoms with E-state index in [4.69, 9.17) is 0 Å². The van der Waals surface area contributed by atoms with Crippen LogP contribution < -0.4 is 0 Å². The minimum Gasteiger partial charge on any atom is -0.230 e. The number of benzene rings is 1. The van der Waals surface area contributed by atoms with Crippen molar-refractivity contribution >= 4 is 0 Å². The van der Waals surface area contributed by atoms with Crippen LogP contribution in [0.5, 0.6) is 0 Å². The van der Waals surface area contributed by atoms with E-state index in [2.05, 4.69) is 6.92 Å². The van der Waals surface area contributed by atoms with Gasteiger partial charge < -0.3 is 0 Å². The van der Waals surface area contributed by atoms with Gasteiger partial charge in [-0.2, -0.15) is 0 Å². The van der Waals surface area contributed by atoms with Crippen molar-refractivity contribution in [3.05, 3.63) is 47.0 Å². The zero-order chi connectivity index (χ0) is 19.7. The molecule has 1 saturated carbocycles. The molecule has 0 saturated heterocycles. The van der Waals surface area contributed by atoms with Crippen LogP contribution in [0.25, 0.3) is 0 Å². The highest BCUT2D eigenvalue weighted by atomic mass is 19.3. The lowest BCUT2D eigenvalue weighted by atomic mass is 9.72. The number of hydrogen-bond acceptors (Lipinski definition) is 0. The van der Waals surface area contributed by atoms with E-state index in [0.29, 0.717) is 11.5 Å². The van der Waals surface area contributed by atoms with E-state index in [1.165, 1.54) is 25.0 Å². The summed E-state index contributed by atoms with van der Waals surface area (Å²) in [6.45, 7) is 2.16. The molecule has 1 atom stereocenters. The molecule has 0 bridgehead atoms. The molecule has 0 nitrogen and oxygen atoms in total. The summed E-state index contributed by atoms with van der Waals surface area (Å²) in [5, 5.41) is 0. The highest BCUT2D eigenvalue weighted by Crippen LogP contribution is 2.53. The summed E-state index contributed by atoms with van der Waals surface area (Å²) >= 11 is 0. The van der Waals surface area contributed by atoms with Crippen molar-refractivity contribution in [2.45, 2.75) is 82.2 Å². The van der Waals surface area contributed by atoms with Crippen molar-refractivity contribution in [2.24, 2.45) is 5.92 Å². The van der Waals surface area contributed by atoms with Gasteiger partial charge in [-0.15, -0.1) is 0 Å². The van der Waals surface area contributed by atoms with E-state index in [1.807, 2.05) is 0 Å². The third-order valence-corrected chi connectivity index (χ3v) is 6.14. The number of unbranched alkanes of at least 4 members (excludes halogenated alkanes) is 1. The first-order chi connectivity index (χ1) is 12.8. The van der Waals surface area contributed by atoms with Gasteiger partial charge in [0, 0.05) is 0 Å². The van der Waals surface area contributed by atoms with Crippen LogP contribution >= 0.6 is 0 Å². The Morgan fingerprint density at radius 1 is 1.00 bits per heavy atom. The molecule has 3 rings (SSSR count). The highest BCUT2D eigenvalue weighted by molar-refractivity contribution is 5.42. The fourth-order valence-corrected chi connectivity index (χ4v) is 4.70. The van der Waals surface area contributed by atoms with Gasteiger partial charge in [0.05, 0.1) is 12.8 Å². The van der Waals surface area contributed by atoms with E-state index in [-0.39, 0.29) is 11.5 Å². The first-order valence-corrected chi connectivity index (χ1v) is 9.97. The summed E-state index contributed by atoms with van der Waals surface area (Å²) in [5.74, 6) is -6.32. The van der Waals surface area contributed by atoms with Gasteiger partial charge in [0.2, 0.25) is 0 Å². The Bertz CT molecular complexity index is 688. The Kier molecular flexibility index (Phi) is 5.97. The van der Waals surface area contributed by atoms with E-state index >= 15 is 4.39 Å². The Morgan fingerprint density at radius 2 is 1.67 bits per heavy atom. The lowest BCUT2D eigenvalue weighted by Gasteiger charge is -2.36. The monoisotopic (exact) mass is 386 g/mol. The summed E-state index contributed by atoms with van der Waals surface area (Å²) in [5.41, 5.74) is -2.68. The van der Waals surface area contributed by atoms with E-state index in [1.54, 1.807) is 12.1 Å². The predicted molar refractivity (Wildman–Crippen MR) is 96.9 cm³/mol. The molecular weight excluding hydrogens is 359 g/mol.